The molecular formula is C18H19N3O5. The summed E-state index contributed by atoms with van der Waals surface area (Å²) in [5, 5.41) is 4.02. The van der Waals surface area contributed by atoms with Crippen LogP contribution in [0.25, 0.3) is 6.08 Å². The zero-order chi connectivity index (χ0) is 18.5. The number of barbiturate groups is 1. The first-order valence-electron chi connectivity index (χ1n) is 8.42. The molecule has 3 rings (SSSR count). The van der Waals surface area contributed by atoms with Crippen molar-refractivity contribution in [3.05, 3.63) is 35.4 Å². The molecule has 0 atom stereocenters. The van der Waals surface area contributed by atoms with Gasteiger partial charge in [-0.1, -0.05) is 12.1 Å². The topological polar surface area (TPSA) is 105 Å². The number of carbonyl (C=O) groups excluding carboxylic acids is 4. The van der Waals surface area contributed by atoms with Crippen molar-refractivity contribution in [1.82, 2.24) is 15.5 Å². The number of nitrogens with one attached hydrogen (secondary N) is 2. The lowest BCUT2D eigenvalue weighted by Crippen LogP contribution is -2.51. The largest absolute Gasteiger partial charge is 0.484 e. The van der Waals surface area contributed by atoms with Crippen LogP contribution in [0.4, 0.5) is 4.79 Å². The van der Waals surface area contributed by atoms with Crippen molar-refractivity contribution in [1.29, 1.82) is 0 Å². The molecule has 2 saturated heterocycles. The van der Waals surface area contributed by atoms with Gasteiger partial charge in [-0.15, -0.1) is 0 Å². The van der Waals surface area contributed by atoms with Crippen LogP contribution < -0.4 is 15.4 Å². The second-order valence-electron chi connectivity index (χ2n) is 6.09. The van der Waals surface area contributed by atoms with Gasteiger partial charge >= 0.3 is 6.03 Å². The summed E-state index contributed by atoms with van der Waals surface area (Å²) in [6.07, 6.45) is 4.59. The van der Waals surface area contributed by atoms with Gasteiger partial charge in [-0.05, 0) is 43.0 Å². The molecule has 2 aliphatic rings. The molecule has 2 N–H and O–H groups in total. The van der Waals surface area contributed by atoms with Crippen molar-refractivity contribution in [2.45, 2.75) is 19.3 Å². The molecule has 1 aromatic rings. The van der Waals surface area contributed by atoms with Crippen LogP contribution in [0.15, 0.2) is 29.8 Å². The number of benzene rings is 1. The maximum atomic E-state index is 12.1. The number of urea groups is 1. The van der Waals surface area contributed by atoms with Crippen LogP contribution in [0.5, 0.6) is 5.75 Å². The van der Waals surface area contributed by atoms with Gasteiger partial charge < -0.3 is 9.64 Å². The van der Waals surface area contributed by atoms with Crippen LogP contribution in [-0.4, -0.2) is 48.3 Å². The average Bonchev–Trinajstić information content (AvgIpc) is 2.64. The highest BCUT2D eigenvalue weighted by Crippen LogP contribution is 2.16. The Morgan fingerprint density at radius 2 is 1.62 bits per heavy atom. The lowest BCUT2D eigenvalue weighted by Gasteiger charge is -2.26. The summed E-state index contributed by atoms with van der Waals surface area (Å²) in [6.45, 7) is 1.54. The highest BCUT2D eigenvalue weighted by Gasteiger charge is 2.27. The van der Waals surface area contributed by atoms with E-state index in [4.69, 9.17) is 4.74 Å². The van der Waals surface area contributed by atoms with Gasteiger partial charge in [0, 0.05) is 13.1 Å². The number of hydrogen-bond donors (Lipinski definition) is 2. The number of carbonyl (C=O) groups is 4. The fraction of sp³-hybridized carbons (Fsp3) is 0.333. The second kappa shape index (κ2) is 7.81. The molecule has 0 spiro atoms. The van der Waals surface area contributed by atoms with Crippen molar-refractivity contribution < 1.29 is 23.9 Å². The van der Waals surface area contributed by atoms with Crippen molar-refractivity contribution in [2.75, 3.05) is 19.7 Å². The first kappa shape index (κ1) is 17.7. The molecule has 2 aliphatic heterocycles. The minimum atomic E-state index is -0.834. The number of imide groups is 2. The van der Waals surface area contributed by atoms with E-state index in [9.17, 15) is 19.2 Å². The van der Waals surface area contributed by atoms with E-state index in [2.05, 4.69) is 0 Å². The van der Waals surface area contributed by atoms with Crippen LogP contribution in [0.1, 0.15) is 24.8 Å². The molecule has 5 amide bonds. The Balaban J connectivity index is 1.59. The maximum absolute atomic E-state index is 12.1. The molecule has 0 bridgehead atoms. The van der Waals surface area contributed by atoms with Gasteiger partial charge in [-0.3, -0.25) is 25.0 Å². The monoisotopic (exact) mass is 357 g/mol. The molecule has 136 valence electrons. The van der Waals surface area contributed by atoms with E-state index in [-0.39, 0.29) is 18.1 Å². The number of amides is 5. The van der Waals surface area contributed by atoms with Gasteiger partial charge in [0.05, 0.1) is 0 Å². The van der Waals surface area contributed by atoms with E-state index in [0.717, 1.165) is 32.4 Å². The molecule has 26 heavy (non-hydrogen) atoms. The second-order valence-corrected chi connectivity index (χ2v) is 6.09. The number of rotatable bonds is 4. The smallest absolute Gasteiger partial charge is 0.328 e. The zero-order valence-corrected chi connectivity index (χ0v) is 14.1. The molecule has 0 radical (unpaired) electrons. The molecule has 2 fully saturated rings. The van der Waals surface area contributed by atoms with Crippen LogP contribution in [0.2, 0.25) is 0 Å². The van der Waals surface area contributed by atoms with Crippen molar-refractivity contribution in [3.8, 4) is 5.75 Å². The molecule has 2 heterocycles. The Kier molecular flexibility index (Phi) is 5.31. The number of ether oxygens (including phenoxy) is 1. The van der Waals surface area contributed by atoms with E-state index < -0.39 is 17.8 Å². The first-order valence-corrected chi connectivity index (χ1v) is 8.42. The van der Waals surface area contributed by atoms with E-state index in [1.54, 1.807) is 24.3 Å². The molecule has 0 saturated carbocycles. The molecule has 1 aromatic carbocycles. The third-order valence-electron chi connectivity index (χ3n) is 4.21. The summed E-state index contributed by atoms with van der Waals surface area (Å²) in [5.74, 6) is -1.00. The molecular weight excluding hydrogens is 338 g/mol. The van der Waals surface area contributed by atoms with Gasteiger partial charge in [0.1, 0.15) is 11.3 Å². The summed E-state index contributed by atoms with van der Waals surface area (Å²) >= 11 is 0. The molecule has 8 heteroatoms. The summed E-state index contributed by atoms with van der Waals surface area (Å²) in [4.78, 5) is 48.3. The Hall–Kier alpha value is -3.16. The SMILES string of the molecule is O=C1NC(=O)C(=Cc2ccc(OCC(=O)N3CCCCC3)cc2)C(=O)N1. The van der Waals surface area contributed by atoms with Crippen molar-refractivity contribution >= 4 is 29.8 Å². The predicted octanol–water partition coefficient (Wildman–Crippen LogP) is 0.827. The number of piperidine rings is 1. The van der Waals surface area contributed by atoms with Crippen molar-refractivity contribution in [3.63, 3.8) is 0 Å². The maximum Gasteiger partial charge on any atom is 0.328 e. The van der Waals surface area contributed by atoms with Crippen LogP contribution in [-0.2, 0) is 14.4 Å². The van der Waals surface area contributed by atoms with Crippen LogP contribution in [0.3, 0.4) is 0 Å². The fourth-order valence-corrected chi connectivity index (χ4v) is 2.81. The number of nitrogens with zero attached hydrogens (tertiary/aromatic N) is 1. The highest BCUT2D eigenvalue weighted by molar-refractivity contribution is 6.31. The van der Waals surface area contributed by atoms with Crippen molar-refractivity contribution in [2.24, 2.45) is 0 Å². The third-order valence-corrected chi connectivity index (χ3v) is 4.21. The summed E-state index contributed by atoms with van der Waals surface area (Å²) < 4.78 is 5.51. The quantitative estimate of drug-likeness (QED) is 0.613. The van der Waals surface area contributed by atoms with E-state index in [1.165, 1.54) is 6.08 Å². The predicted molar refractivity (Wildman–Crippen MR) is 92.0 cm³/mol. The summed E-state index contributed by atoms with van der Waals surface area (Å²) in [5.41, 5.74) is 0.438. The Morgan fingerprint density at radius 1 is 1.00 bits per heavy atom. The number of likely N-dealkylation sites (tertiary alicyclic amines) is 1. The molecule has 0 aliphatic carbocycles. The zero-order valence-electron chi connectivity index (χ0n) is 14.1. The Morgan fingerprint density at radius 3 is 2.23 bits per heavy atom. The average molecular weight is 357 g/mol. The minimum absolute atomic E-state index is 0.0205. The Bertz CT molecular complexity index is 742. The van der Waals surface area contributed by atoms with Gasteiger partial charge in [0.15, 0.2) is 6.61 Å². The normalized spacial score (nSPS) is 17.5. The van der Waals surface area contributed by atoms with Crippen LogP contribution >= 0.6 is 0 Å². The molecule has 8 nitrogen and oxygen atoms in total. The Labute approximate surface area is 150 Å². The van der Waals surface area contributed by atoms with E-state index in [0.29, 0.717) is 11.3 Å². The summed E-state index contributed by atoms with van der Waals surface area (Å²) in [7, 11) is 0. The molecule has 0 aromatic heterocycles. The highest BCUT2D eigenvalue weighted by atomic mass is 16.5. The molecule has 0 unspecified atom stereocenters. The van der Waals surface area contributed by atoms with Gasteiger partial charge in [-0.2, -0.15) is 0 Å². The van der Waals surface area contributed by atoms with E-state index >= 15 is 0 Å². The van der Waals surface area contributed by atoms with E-state index in [1.807, 2.05) is 15.5 Å². The van der Waals surface area contributed by atoms with Gasteiger partial charge in [0.25, 0.3) is 17.7 Å². The van der Waals surface area contributed by atoms with Crippen LogP contribution in [0, 0.1) is 0 Å². The number of hydrogen-bond acceptors (Lipinski definition) is 5. The van der Waals surface area contributed by atoms with Gasteiger partial charge in [0.2, 0.25) is 0 Å². The standard InChI is InChI=1S/C18H19N3O5/c22-15(21-8-2-1-3-9-21)11-26-13-6-4-12(5-7-13)10-14-16(23)19-18(25)20-17(14)24/h4-7,10H,1-3,8-9,11H2,(H2,19,20,23,24,25). The van der Waals surface area contributed by atoms with Gasteiger partial charge in [-0.25, -0.2) is 4.79 Å². The fourth-order valence-electron chi connectivity index (χ4n) is 2.81. The third kappa shape index (κ3) is 4.27. The lowest BCUT2D eigenvalue weighted by molar-refractivity contribution is -0.134. The minimum Gasteiger partial charge on any atom is -0.484 e. The lowest BCUT2D eigenvalue weighted by atomic mass is 10.1. The first-order chi connectivity index (χ1) is 12.5. The summed E-state index contributed by atoms with van der Waals surface area (Å²) in [6, 6.07) is 5.79.